The summed E-state index contributed by atoms with van der Waals surface area (Å²) >= 11 is 0. The third-order valence-corrected chi connectivity index (χ3v) is 5.27. The summed E-state index contributed by atoms with van der Waals surface area (Å²) in [4.78, 5) is 18.0. The van der Waals surface area contributed by atoms with Crippen LogP contribution in [0, 0.1) is 0 Å². The second-order valence-corrected chi connectivity index (χ2v) is 7.59. The predicted molar refractivity (Wildman–Crippen MR) is 105 cm³/mol. The van der Waals surface area contributed by atoms with Crippen LogP contribution < -0.4 is 0 Å². The molecule has 11 heteroatoms. The maximum atomic E-state index is 13.0. The van der Waals surface area contributed by atoms with Gasteiger partial charge in [-0.3, -0.25) is 9.69 Å². The van der Waals surface area contributed by atoms with Crippen LogP contribution in [-0.2, 0) is 11.3 Å². The van der Waals surface area contributed by atoms with Crippen molar-refractivity contribution in [2.24, 2.45) is 0 Å². The number of nitrogens with zero attached hydrogens (tertiary/aromatic N) is 4. The topological polar surface area (TPSA) is 60.2 Å². The van der Waals surface area contributed by atoms with E-state index in [1.807, 2.05) is 0 Å². The minimum Gasteiger partial charge on any atom is -0.366 e. The van der Waals surface area contributed by atoms with Crippen LogP contribution in [-0.4, -0.2) is 57.4 Å². The van der Waals surface area contributed by atoms with Gasteiger partial charge in [0.25, 0.3) is 0 Å². The summed E-state index contributed by atoms with van der Waals surface area (Å²) in [5.41, 5.74) is 2.22. The van der Waals surface area contributed by atoms with E-state index in [-0.39, 0.29) is 31.2 Å². The number of fused-ring (bicyclic) bond motifs is 1. The number of alkyl halides is 5. The first-order valence-electron chi connectivity index (χ1n) is 9.80. The number of hydrogen-bond acceptors (Lipinski definition) is 5. The number of halogens is 5. The van der Waals surface area contributed by atoms with Gasteiger partial charge in [0.2, 0.25) is 0 Å². The average Bonchev–Trinajstić information content (AvgIpc) is 3.23. The lowest BCUT2D eigenvalue weighted by atomic mass is 10.0. The Kier molecular flexibility index (Phi) is 5.95. The van der Waals surface area contributed by atoms with Crippen molar-refractivity contribution in [2.75, 3.05) is 19.7 Å². The Morgan fingerprint density at radius 2 is 2.06 bits per heavy atom. The molecule has 6 nitrogen and oxygen atoms in total. The fraction of sp³-hybridized carbons (Fsp3) is 0.381. The van der Waals surface area contributed by atoms with Gasteiger partial charge >= 0.3 is 12.7 Å². The van der Waals surface area contributed by atoms with Crippen molar-refractivity contribution in [3.8, 4) is 11.1 Å². The number of aromatic nitrogens is 3. The summed E-state index contributed by atoms with van der Waals surface area (Å²) in [5, 5.41) is 4.26. The number of carbonyl (C=O) groups is 1. The van der Waals surface area contributed by atoms with Crippen LogP contribution in [0.4, 0.5) is 22.0 Å². The molecule has 32 heavy (non-hydrogen) atoms. The summed E-state index contributed by atoms with van der Waals surface area (Å²) in [7, 11) is 0. The number of pyridine rings is 1. The molecule has 0 saturated carbocycles. The first-order valence-corrected chi connectivity index (χ1v) is 9.80. The zero-order chi connectivity index (χ0) is 23.0. The van der Waals surface area contributed by atoms with Crippen LogP contribution in [0.5, 0.6) is 0 Å². The predicted octanol–water partition coefficient (Wildman–Crippen LogP) is 4.46. The highest BCUT2D eigenvalue weighted by Gasteiger charge is 2.43. The van der Waals surface area contributed by atoms with Crippen molar-refractivity contribution < 1.29 is 31.5 Å². The molecule has 0 N–H and O–H groups in total. The van der Waals surface area contributed by atoms with Crippen LogP contribution in [0.3, 0.4) is 0 Å². The highest BCUT2D eigenvalue weighted by Crippen LogP contribution is 2.31. The number of benzene rings is 1. The molecule has 0 radical (unpaired) electrons. The molecule has 1 atom stereocenters. The molecule has 3 heterocycles. The summed E-state index contributed by atoms with van der Waals surface area (Å²) < 4.78 is 70.2. The van der Waals surface area contributed by atoms with Gasteiger partial charge in [0.05, 0.1) is 18.3 Å². The second kappa shape index (κ2) is 8.55. The number of ether oxygens (including phenoxy) is 1. The first kappa shape index (κ1) is 22.3. The molecule has 3 aromatic rings. The van der Waals surface area contributed by atoms with Crippen molar-refractivity contribution in [1.82, 2.24) is 19.7 Å². The maximum absolute atomic E-state index is 13.0. The Hall–Kier alpha value is -2.92. The monoisotopic (exact) mass is 454 g/mol. The molecule has 0 spiro atoms. The number of morpholine rings is 1. The number of Topliss-reactive ketones (excluding diaryl/α,β-unsaturated/α-hetero) is 1. The smallest absolute Gasteiger partial charge is 0.366 e. The number of hydrogen-bond donors (Lipinski definition) is 0. The lowest BCUT2D eigenvalue weighted by Gasteiger charge is -2.33. The van der Waals surface area contributed by atoms with Gasteiger partial charge in [0.15, 0.2) is 11.9 Å². The lowest BCUT2D eigenvalue weighted by Crippen LogP contribution is -2.48. The lowest BCUT2D eigenvalue weighted by molar-refractivity contribution is -0.237. The van der Waals surface area contributed by atoms with Gasteiger partial charge < -0.3 is 4.74 Å². The van der Waals surface area contributed by atoms with Gasteiger partial charge in [-0.1, -0.05) is 12.1 Å². The van der Waals surface area contributed by atoms with Gasteiger partial charge in [-0.2, -0.15) is 27.1 Å². The van der Waals surface area contributed by atoms with Gasteiger partial charge in [0.1, 0.15) is 5.69 Å². The summed E-state index contributed by atoms with van der Waals surface area (Å²) in [6.07, 6.45) is -3.80. The van der Waals surface area contributed by atoms with Crippen molar-refractivity contribution in [1.29, 1.82) is 0 Å². The van der Waals surface area contributed by atoms with E-state index in [9.17, 15) is 26.7 Å². The molecule has 170 valence electrons. The third-order valence-electron chi connectivity index (χ3n) is 5.27. The summed E-state index contributed by atoms with van der Waals surface area (Å²) in [5.74, 6) is -0.305. The summed E-state index contributed by atoms with van der Waals surface area (Å²) in [6.45, 7) is -1.16. The molecular weight excluding hydrogens is 435 g/mol. The number of ketones is 1. The zero-order valence-corrected chi connectivity index (χ0v) is 16.9. The maximum Gasteiger partial charge on any atom is 0.415 e. The summed E-state index contributed by atoms with van der Waals surface area (Å²) in [6, 6.07) is 6.68. The second-order valence-electron chi connectivity index (χ2n) is 7.59. The van der Waals surface area contributed by atoms with E-state index in [1.54, 1.807) is 23.1 Å². The molecule has 0 bridgehead atoms. The van der Waals surface area contributed by atoms with E-state index in [0.717, 1.165) is 0 Å². The van der Waals surface area contributed by atoms with Gasteiger partial charge in [-0.15, -0.1) is 0 Å². The Labute approximate surface area is 179 Å². The average molecular weight is 454 g/mol. The fourth-order valence-corrected chi connectivity index (χ4v) is 3.68. The normalized spacial score (nSPS) is 17.9. The molecule has 1 aliphatic heterocycles. The van der Waals surface area contributed by atoms with Crippen molar-refractivity contribution >= 4 is 16.7 Å². The van der Waals surface area contributed by atoms with E-state index < -0.39 is 18.8 Å². The molecule has 1 saturated heterocycles. The van der Waals surface area contributed by atoms with E-state index in [0.29, 0.717) is 38.8 Å². The molecule has 0 aliphatic carbocycles. The molecule has 4 rings (SSSR count). The molecule has 1 aliphatic rings. The SMILES string of the molecule is CC(=O)c1cc(-c2cnn(C(F)F)c2)c2ccc(CN3CCOC(C(F)(F)F)C3)cc2n1. The van der Waals surface area contributed by atoms with Crippen LogP contribution >= 0.6 is 0 Å². The molecular formula is C21H19F5N4O2. The Morgan fingerprint density at radius 3 is 2.72 bits per heavy atom. The van der Waals surface area contributed by atoms with Crippen molar-refractivity contribution in [3.63, 3.8) is 0 Å². The Bertz CT molecular complexity index is 1140. The molecule has 1 unspecified atom stereocenters. The zero-order valence-electron chi connectivity index (χ0n) is 16.9. The van der Waals surface area contributed by atoms with Crippen molar-refractivity contribution in [2.45, 2.75) is 32.3 Å². The highest BCUT2D eigenvalue weighted by atomic mass is 19.4. The molecule has 1 fully saturated rings. The Morgan fingerprint density at radius 1 is 1.28 bits per heavy atom. The largest absolute Gasteiger partial charge is 0.415 e. The standard InChI is InChI=1S/C21H19F5N4O2/c1-12(31)17-7-16(14-8-27-30(10-14)20(22)23)15-3-2-13(6-18(15)28-17)9-29-4-5-32-19(11-29)21(24,25)26/h2-3,6-8,10,19-20H,4-5,9,11H2,1H3. The minimum absolute atomic E-state index is 0.0250. The van der Waals surface area contributed by atoms with E-state index >= 15 is 0 Å². The molecule has 1 aromatic carbocycles. The van der Waals surface area contributed by atoms with E-state index in [1.165, 1.54) is 25.4 Å². The number of carbonyl (C=O) groups excluding carboxylic acids is 1. The fourth-order valence-electron chi connectivity index (χ4n) is 3.68. The van der Waals surface area contributed by atoms with Crippen LogP contribution in [0.1, 0.15) is 29.5 Å². The van der Waals surface area contributed by atoms with Crippen LogP contribution in [0.15, 0.2) is 36.7 Å². The quantitative estimate of drug-likeness (QED) is 0.421. The third kappa shape index (κ3) is 4.63. The Balaban J connectivity index is 1.68. The van der Waals surface area contributed by atoms with Crippen LogP contribution in [0.25, 0.3) is 22.0 Å². The highest BCUT2D eigenvalue weighted by molar-refractivity contribution is 6.01. The minimum atomic E-state index is -4.43. The van der Waals surface area contributed by atoms with Gasteiger partial charge in [0, 0.05) is 43.7 Å². The van der Waals surface area contributed by atoms with E-state index in [2.05, 4.69) is 10.1 Å². The van der Waals surface area contributed by atoms with Crippen LogP contribution in [0.2, 0.25) is 0 Å². The molecule has 2 aromatic heterocycles. The van der Waals surface area contributed by atoms with Gasteiger partial charge in [-0.05, 0) is 23.3 Å². The number of rotatable bonds is 5. The van der Waals surface area contributed by atoms with E-state index in [4.69, 9.17) is 4.74 Å². The molecule has 0 amide bonds. The van der Waals surface area contributed by atoms with Gasteiger partial charge in [-0.25, -0.2) is 9.67 Å². The van der Waals surface area contributed by atoms with Crippen molar-refractivity contribution in [3.05, 3.63) is 47.9 Å². The first-order chi connectivity index (χ1) is 15.1.